The highest BCUT2D eigenvalue weighted by molar-refractivity contribution is 5.97. The van der Waals surface area contributed by atoms with Crippen LogP contribution >= 0.6 is 0 Å². The van der Waals surface area contributed by atoms with Crippen LogP contribution in [0, 0.1) is 6.92 Å². The van der Waals surface area contributed by atoms with E-state index < -0.39 is 0 Å². The highest BCUT2D eigenvalue weighted by atomic mass is 16.2. The van der Waals surface area contributed by atoms with Crippen LogP contribution in [0.3, 0.4) is 0 Å². The summed E-state index contributed by atoms with van der Waals surface area (Å²) in [6.45, 7) is 3.00. The molecule has 0 saturated carbocycles. The van der Waals surface area contributed by atoms with E-state index in [1.54, 1.807) is 4.90 Å². The molecule has 3 heteroatoms. The molecular weight excluding hydrogens is 188 g/mol. The Balaban J connectivity index is 2.09. The molecule has 1 aliphatic rings. The molecule has 2 rings (SSSR count). The first-order valence-electron chi connectivity index (χ1n) is 5.26. The van der Waals surface area contributed by atoms with Crippen LogP contribution < -0.4 is 10.2 Å². The summed E-state index contributed by atoms with van der Waals surface area (Å²) < 4.78 is 0. The minimum Gasteiger partial charge on any atom is -0.314 e. The first kappa shape index (κ1) is 10.2. The number of aryl methyl sites for hydroxylation is 1. The fraction of sp³-hybridized carbons (Fsp3) is 0.417. The summed E-state index contributed by atoms with van der Waals surface area (Å²) in [4.78, 5) is 13.6. The third-order valence-corrected chi connectivity index (χ3v) is 2.87. The Bertz CT molecular complexity index is 354. The quantitative estimate of drug-likeness (QED) is 0.788. The smallest absolute Gasteiger partial charge is 0.243 e. The van der Waals surface area contributed by atoms with Crippen molar-refractivity contribution in [2.24, 2.45) is 0 Å². The lowest BCUT2D eigenvalue weighted by Crippen LogP contribution is -2.53. The van der Waals surface area contributed by atoms with Crippen molar-refractivity contribution in [2.45, 2.75) is 19.4 Å². The van der Waals surface area contributed by atoms with E-state index in [1.165, 1.54) is 5.56 Å². The highest BCUT2D eigenvalue weighted by Gasteiger charge is 2.27. The summed E-state index contributed by atoms with van der Waals surface area (Å²) >= 11 is 0. The first-order valence-corrected chi connectivity index (χ1v) is 5.26. The molecule has 1 amide bonds. The molecule has 1 N–H and O–H groups in total. The molecule has 15 heavy (non-hydrogen) atoms. The molecule has 0 aliphatic carbocycles. The van der Waals surface area contributed by atoms with Crippen LogP contribution in [0.2, 0.25) is 0 Å². The maximum atomic E-state index is 11.9. The maximum Gasteiger partial charge on any atom is 0.243 e. The van der Waals surface area contributed by atoms with Crippen molar-refractivity contribution >= 4 is 11.6 Å². The van der Waals surface area contributed by atoms with Crippen LogP contribution in [-0.4, -0.2) is 25.5 Å². The third kappa shape index (κ3) is 2.02. The van der Waals surface area contributed by atoms with Gasteiger partial charge in [-0.1, -0.05) is 17.7 Å². The van der Waals surface area contributed by atoms with Crippen LogP contribution in [0.5, 0.6) is 0 Å². The largest absolute Gasteiger partial charge is 0.314 e. The summed E-state index contributed by atoms with van der Waals surface area (Å²) in [6, 6.07) is 8.02. The van der Waals surface area contributed by atoms with Crippen molar-refractivity contribution in [1.82, 2.24) is 5.32 Å². The number of amides is 1. The molecule has 0 unspecified atom stereocenters. The van der Waals surface area contributed by atoms with Gasteiger partial charge in [0.05, 0.1) is 6.04 Å². The fourth-order valence-corrected chi connectivity index (χ4v) is 1.63. The van der Waals surface area contributed by atoms with Crippen molar-refractivity contribution in [1.29, 1.82) is 0 Å². The van der Waals surface area contributed by atoms with E-state index in [4.69, 9.17) is 0 Å². The van der Waals surface area contributed by atoms with Gasteiger partial charge >= 0.3 is 0 Å². The normalized spacial score (nSPS) is 19.5. The van der Waals surface area contributed by atoms with Gasteiger partial charge in [0.25, 0.3) is 0 Å². The van der Waals surface area contributed by atoms with Gasteiger partial charge < -0.3 is 10.2 Å². The molecule has 0 radical (unpaired) electrons. The van der Waals surface area contributed by atoms with Crippen molar-refractivity contribution in [3.63, 3.8) is 0 Å². The third-order valence-electron chi connectivity index (χ3n) is 2.87. The fourth-order valence-electron chi connectivity index (χ4n) is 1.63. The van der Waals surface area contributed by atoms with Gasteiger partial charge in [0.1, 0.15) is 0 Å². The molecule has 1 atom stereocenters. The zero-order valence-corrected chi connectivity index (χ0v) is 9.16. The molecule has 1 saturated heterocycles. The average molecular weight is 204 g/mol. The van der Waals surface area contributed by atoms with E-state index >= 15 is 0 Å². The molecular formula is C12H16N2O. The van der Waals surface area contributed by atoms with Gasteiger partial charge in [-0.2, -0.15) is 0 Å². The van der Waals surface area contributed by atoms with Gasteiger partial charge in [-0.15, -0.1) is 0 Å². The number of carbonyl (C=O) groups is 1. The standard InChI is InChI=1S/C12H16N2O/c1-9-3-5-10(6-4-9)14(2)12(15)11-7-8-13-11/h3-6,11,13H,7-8H2,1-2H3/t11-/m1/s1. The van der Waals surface area contributed by atoms with Crippen molar-refractivity contribution in [3.8, 4) is 0 Å². The Hall–Kier alpha value is -1.35. The zero-order valence-electron chi connectivity index (χ0n) is 9.16. The molecule has 1 fully saturated rings. The SMILES string of the molecule is Cc1ccc(N(C)C(=O)[C@H]2CCN2)cc1. The summed E-state index contributed by atoms with van der Waals surface area (Å²) in [5.41, 5.74) is 2.17. The minimum absolute atomic E-state index is 0.0244. The lowest BCUT2D eigenvalue weighted by atomic mass is 10.1. The molecule has 0 aromatic heterocycles. The van der Waals surface area contributed by atoms with Crippen LogP contribution in [-0.2, 0) is 4.79 Å². The number of benzene rings is 1. The molecule has 80 valence electrons. The van der Waals surface area contributed by atoms with Gasteiger partial charge in [-0.25, -0.2) is 0 Å². The number of anilines is 1. The van der Waals surface area contributed by atoms with Gasteiger partial charge in [0.2, 0.25) is 5.91 Å². The van der Waals surface area contributed by atoms with Crippen molar-refractivity contribution in [3.05, 3.63) is 29.8 Å². The molecule has 1 heterocycles. The number of nitrogens with one attached hydrogen (secondary N) is 1. The molecule has 1 aromatic carbocycles. The second-order valence-electron chi connectivity index (χ2n) is 4.03. The number of hydrogen-bond acceptors (Lipinski definition) is 2. The highest BCUT2D eigenvalue weighted by Crippen LogP contribution is 2.16. The van der Waals surface area contributed by atoms with E-state index in [-0.39, 0.29) is 11.9 Å². The Morgan fingerprint density at radius 2 is 2.00 bits per heavy atom. The average Bonchev–Trinajstić information content (AvgIpc) is 2.15. The summed E-state index contributed by atoms with van der Waals surface area (Å²) in [6.07, 6.45) is 0.953. The van der Waals surface area contributed by atoms with Gasteiger partial charge in [0, 0.05) is 12.7 Å². The van der Waals surface area contributed by atoms with Crippen molar-refractivity contribution < 1.29 is 4.79 Å². The predicted molar refractivity (Wildman–Crippen MR) is 61.0 cm³/mol. The lowest BCUT2D eigenvalue weighted by molar-refractivity contribution is -0.121. The monoisotopic (exact) mass is 204 g/mol. The molecule has 0 bridgehead atoms. The van der Waals surface area contributed by atoms with Crippen LogP contribution in [0.25, 0.3) is 0 Å². The Morgan fingerprint density at radius 3 is 2.47 bits per heavy atom. The molecule has 1 aliphatic heterocycles. The van der Waals surface area contributed by atoms with Crippen LogP contribution in [0.15, 0.2) is 24.3 Å². The lowest BCUT2D eigenvalue weighted by Gasteiger charge is -2.30. The van der Waals surface area contributed by atoms with Gasteiger partial charge in [-0.05, 0) is 32.0 Å². The summed E-state index contributed by atoms with van der Waals surface area (Å²) in [5.74, 6) is 0.158. The number of hydrogen-bond donors (Lipinski definition) is 1. The van der Waals surface area contributed by atoms with E-state index in [1.807, 2.05) is 38.2 Å². The predicted octanol–water partition coefficient (Wildman–Crippen LogP) is 1.32. The van der Waals surface area contributed by atoms with E-state index in [0.717, 1.165) is 18.7 Å². The van der Waals surface area contributed by atoms with Gasteiger partial charge in [0.15, 0.2) is 0 Å². The maximum absolute atomic E-state index is 11.9. The second-order valence-corrected chi connectivity index (χ2v) is 4.03. The number of nitrogens with zero attached hydrogens (tertiary/aromatic N) is 1. The summed E-state index contributed by atoms with van der Waals surface area (Å²) in [5, 5.41) is 3.12. The Morgan fingerprint density at radius 1 is 1.40 bits per heavy atom. The topological polar surface area (TPSA) is 32.3 Å². The zero-order chi connectivity index (χ0) is 10.8. The van der Waals surface area contributed by atoms with Crippen LogP contribution in [0.4, 0.5) is 5.69 Å². The first-order chi connectivity index (χ1) is 7.18. The van der Waals surface area contributed by atoms with Crippen LogP contribution in [0.1, 0.15) is 12.0 Å². The molecule has 1 aromatic rings. The number of likely N-dealkylation sites (N-methyl/N-ethyl adjacent to an activating group) is 1. The molecule has 3 nitrogen and oxygen atoms in total. The number of carbonyl (C=O) groups excluding carboxylic acids is 1. The Labute approximate surface area is 90.1 Å². The van der Waals surface area contributed by atoms with E-state index in [2.05, 4.69) is 5.32 Å². The Kier molecular flexibility index (Phi) is 2.73. The number of rotatable bonds is 2. The minimum atomic E-state index is 0.0244. The van der Waals surface area contributed by atoms with E-state index in [9.17, 15) is 4.79 Å². The second kappa shape index (κ2) is 4.03. The van der Waals surface area contributed by atoms with Gasteiger partial charge in [-0.3, -0.25) is 4.79 Å². The van der Waals surface area contributed by atoms with E-state index in [0.29, 0.717) is 0 Å². The summed E-state index contributed by atoms with van der Waals surface area (Å²) in [7, 11) is 1.83. The molecule has 0 spiro atoms. The van der Waals surface area contributed by atoms with Crippen molar-refractivity contribution in [2.75, 3.05) is 18.5 Å².